The Kier molecular flexibility index (Phi) is 9.66. The highest BCUT2D eigenvalue weighted by Gasteiger charge is 2.31. The van der Waals surface area contributed by atoms with Gasteiger partial charge in [-0.15, -0.1) is 0 Å². The smallest absolute Gasteiger partial charge is 0.410 e. The highest BCUT2D eigenvalue weighted by Crippen LogP contribution is 2.13. The maximum absolute atomic E-state index is 11.6. The number of rotatable bonds is 7. The minimum Gasteiger partial charge on any atom is -0.443 e. The fraction of sp³-hybridized carbons (Fsp3) is 0.933. The summed E-state index contributed by atoms with van der Waals surface area (Å²) in [6.07, 6.45) is 2.08. The first-order valence-electron chi connectivity index (χ1n) is 7.67. The molecule has 0 spiro atoms. The molecule has 4 heteroatoms. The summed E-state index contributed by atoms with van der Waals surface area (Å²) in [6.45, 7) is 14.0. The van der Waals surface area contributed by atoms with Crippen LogP contribution in [0.2, 0.25) is 0 Å². The van der Waals surface area contributed by atoms with Gasteiger partial charge in [0.1, 0.15) is 6.10 Å². The van der Waals surface area contributed by atoms with E-state index >= 15 is 0 Å². The molecule has 1 aliphatic heterocycles. The first-order valence-corrected chi connectivity index (χ1v) is 7.67. The van der Waals surface area contributed by atoms with E-state index in [-0.39, 0.29) is 12.2 Å². The van der Waals surface area contributed by atoms with E-state index in [1.807, 2.05) is 18.7 Å². The van der Waals surface area contributed by atoms with Gasteiger partial charge in [-0.05, 0) is 19.4 Å². The molecule has 0 aromatic carbocycles. The van der Waals surface area contributed by atoms with Crippen LogP contribution in [0.25, 0.3) is 0 Å². The molecule has 1 heterocycles. The van der Waals surface area contributed by atoms with E-state index in [9.17, 15) is 4.79 Å². The Bertz CT molecular complexity index is 244. The fourth-order valence-electron chi connectivity index (χ4n) is 2.25. The van der Waals surface area contributed by atoms with Crippen molar-refractivity contribution in [1.82, 2.24) is 9.80 Å². The molecule has 0 aromatic rings. The lowest BCUT2D eigenvalue weighted by Crippen LogP contribution is -2.34. The van der Waals surface area contributed by atoms with Crippen molar-refractivity contribution in [2.45, 2.75) is 53.6 Å². The number of carbonyl (C=O) groups is 1. The summed E-state index contributed by atoms with van der Waals surface area (Å²) in [5, 5.41) is 0. The molecule has 1 amide bonds. The van der Waals surface area contributed by atoms with Gasteiger partial charge in [-0.25, -0.2) is 4.79 Å². The third kappa shape index (κ3) is 7.41. The Labute approximate surface area is 119 Å². The Morgan fingerprint density at radius 2 is 2.05 bits per heavy atom. The Morgan fingerprint density at radius 3 is 2.58 bits per heavy atom. The SMILES string of the molecule is CC.CCCCN1C[C@H](CN(C)CC(C)C)OC1=O. The van der Waals surface area contributed by atoms with Crippen LogP contribution in [0.4, 0.5) is 4.79 Å². The lowest BCUT2D eigenvalue weighted by atomic mass is 10.2. The van der Waals surface area contributed by atoms with Gasteiger partial charge in [0, 0.05) is 19.6 Å². The first kappa shape index (κ1) is 18.2. The van der Waals surface area contributed by atoms with E-state index in [2.05, 4.69) is 32.7 Å². The summed E-state index contributed by atoms with van der Waals surface area (Å²) < 4.78 is 5.37. The number of nitrogens with zero attached hydrogens (tertiary/aromatic N) is 2. The average Bonchev–Trinajstić information content (AvgIpc) is 2.68. The monoisotopic (exact) mass is 272 g/mol. The molecule has 1 saturated heterocycles. The normalized spacial score (nSPS) is 18.6. The van der Waals surface area contributed by atoms with Crippen LogP contribution >= 0.6 is 0 Å². The molecule has 1 aliphatic rings. The summed E-state index contributed by atoms with van der Waals surface area (Å²) in [4.78, 5) is 15.7. The molecule has 0 aliphatic carbocycles. The van der Waals surface area contributed by atoms with Gasteiger partial charge in [0.2, 0.25) is 0 Å². The summed E-state index contributed by atoms with van der Waals surface area (Å²) in [5.74, 6) is 0.647. The molecule has 0 bridgehead atoms. The van der Waals surface area contributed by atoms with Crippen LogP contribution in [-0.4, -0.2) is 55.2 Å². The minimum absolute atomic E-state index is 0.0445. The van der Waals surface area contributed by atoms with Crippen molar-refractivity contribution in [1.29, 1.82) is 0 Å². The molecule has 0 saturated carbocycles. The maximum Gasteiger partial charge on any atom is 0.410 e. The molecule has 0 unspecified atom stereocenters. The third-order valence-corrected chi connectivity index (χ3v) is 2.92. The zero-order valence-electron chi connectivity index (χ0n) is 13.6. The van der Waals surface area contributed by atoms with Crippen molar-refractivity contribution in [2.24, 2.45) is 5.92 Å². The summed E-state index contributed by atoms with van der Waals surface area (Å²) in [7, 11) is 2.09. The number of ether oxygens (including phenoxy) is 1. The molecule has 19 heavy (non-hydrogen) atoms. The second kappa shape index (κ2) is 10.1. The van der Waals surface area contributed by atoms with Gasteiger partial charge in [0.05, 0.1) is 6.54 Å². The molecule has 1 atom stereocenters. The van der Waals surface area contributed by atoms with Crippen LogP contribution in [0.15, 0.2) is 0 Å². The molecular formula is C15H32N2O2. The van der Waals surface area contributed by atoms with E-state index in [0.717, 1.165) is 39.0 Å². The van der Waals surface area contributed by atoms with Crippen LogP contribution in [-0.2, 0) is 4.74 Å². The Morgan fingerprint density at radius 1 is 1.42 bits per heavy atom. The fourth-order valence-corrected chi connectivity index (χ4v) is 2.25. The zero-order chi connectivity index (χ0) is 14.8. The van der Waals surface area contributed by atoms with Crippen molar-refractivity contribution in [3.63, 3.8) is 0 Å². The molecule has 1 fully saturated rings. The van der Waals surface area contributed by atoms with Crippen molar-refractivity contribution >= 4 is 6.09 Å². The average molecular weight is 272 g/mol. The van der Waals surface area contributed by atoms with Crippen LogP contribution in [0, 0.1) is 5.92 Å². The standard InChI is InChI=1S/C13H26N2O2.C2H6/c1-5-6-7-15-10-12(17-13(15)16)9-14(4)8-11(2)3;1-2/h11-12H,5-10H2,1-4H3;1-2H3/t12-;/m0./s1. The Hall–Kier alpha value is -0.770. The van der Waals surface area contributed by atoms with Crippen molar-refractivity contribution < 1.29 is 9.53 Å². The lowest BCUT2D eigenvalue weighted by molar-refractivity contribution is 0.110. The molecule has 0 aromatic heterocycles. The lowest BCUT2D eigenvalue weighted by Gasteiger charge is -2.21. The predicted octanol–water partition coefficient (Wildman–Crippen LogP) is 3.22. The second-order valence-electron chi connectivity index (χ2n) is 5.42. The largest absolute Gasteiger partial charge is 0.443 e. The van der Waals surface area contributed by atoms with E-state index < -0.39 is 0 Å². The molecule has 0 N–H and O–H groups in total. The van der Waals surface area contributed by atoms with Crippen molar-refractivity contribution in [3.8, 4) is 0 Å². The molecule has 0 radical (unpaired) electrons. The van der Waals surface area contributed by atoms with Gasteiger partial charge in [-0.2, -0.15) is 0 Å². The topological polar surface area (TPSA) is 32.8 Å². The summed E-state index contributed by atoms with van der Waals surface area (Å²) >= 11 is 0. The van der Waals surface area contributed by atoms with Crippen molar-refractivity contribution in [2.75, 3.05) is 33.2 Å². The quantitative estimate of drug-likeness (QED) is 0.713. The number of unbranched alkanes of at least 4 members (excludes halogenated alkanes) is 1. The van der Waals surface area contributed by atoms with E-state index in [1.165, 1.54) is 0 Å². The number of carbonyl (C=O) groups excluding carboxylic acids is 1. The number of cyclic esters (lactones) is 1. The van der Waals surface area contributed by atoms with E-state index in [4.69, 9.17) is 4.74 Å². The van der Waals surface area contributed by atoms with Crippen LogP contribution in [0.5, 0.6) is 0 Å². The molecular weight excluding hydrogens is 240 g/mol. The third-order valence-electron chi connectivity index (χ3n) is 2.92. The maximum atomic E-state index is 11.6. The van der Waals surface area contributed by atoms with Crippen molar-refractivity contribution in [3.05, 3.63) is 0 Å². The van der Waals surface area contributed by atoms with Gasteiger partial charge in [-0.3, -0.25) is 0 Å². The van der Waals surface area contributed by atoms with Gasteiger partial charge >= 0.3 is 6.09 Å². The van der Waals surface area contributed by atoms with Crippen LogP contribution in [0.3, 0.4) is 0 Å². The minimum atomic E-state index is -0.138. The molecule has 4 nitrogen and oxygen atoms in total. The number of likely N-dealkylation sites (N-methyl/N-ethyl adjacent to an activating group) is 1. The summed E-state index contributed by atoms with van der Waals surface area (Å²) in [5.41, 5.74) is 0. The van der Waals surface area contributed by atoms with E-state index in [1.54, 1.807) is 0 Å². The first-order chi connectivity index (χ1) is 9.02. The van der Waals surface area contributed by atoms with Crippen LogP contribution in [0.1, 0.15) is 47.5 Å². The number of hydrogen-bond donors (Lipinski definition) is 0. The zero-order valence-corrected chi connectivity index (χ0v) is 13.6. The number of hydrogen-bond acceptors (Lipinski definition) is 3. The molecule has 1 rings (SSSR count). The van der Waals surface area contributed by atoms with E-state index in [0.29, 0.717) is 5.92 Å². The van der Waals surface area contributed by atoms with Crippen LogP contribution < -0.4 is 0 Å². The predicted molar refractivity (Wildman–Crippen MR) is 80.4 cm³/mol. The van der Waals surface area contributed by atoms with Gasteiger partial charge < -0.3 is 14.5 Å². The summed E-state index contributed by atoms with van der Waals surface area (Å²) in [6, 6.07) is 0. The van der Waals surface area contributed by atoms with Gasteiger partial charge in [-0.1, -0.05) is 41.0 Å². The Balaban J connectivity index is 0.00000154. The highest BCUT2D eigenvalue weighted by molar-refractivity contribution is 5.69. The number of amides is 1. The van der Waals surface area contributed by atoms with Gasteiger partial charge in [0.25, 0.3) is 0 Å². The second-order valence-corrected chi connectivity index (χ2v) is 5.42. The molecule has 114 valence electrons. The van der Waals surface area contributed by atoms with Gasteiger partial charge in [0.15, 0.2) is 0 Å². The highest BCUT2D eigenvalue weighted by atomic mass is 16.6.